The second-order valence-electron chi connectivity index (χ2n) is 5.69. The highest BCUT2D eigenvalue weighted by Gasteiger charge is 2.21. The standard InChI is InChI=1S/C16H21N5/c1-11-6-8-21(16-5-7-17-13(3)18-16)10-14(11)15-9-12(2)19-20(15)4/h5,7,9H,6,8,10H2,1-4H3. The van der Waals surface area contributed by atoms with E-state index in [9.17, 15) is 0 Å². The van der Waals surface area contributed by atoms with Gasteiger partial charge in [0.2, 0.25) is 0 Å². The van der Waals surface area contributed by atoms with E-state index < -0.39 is 0 Å². The van der Waals surface area contributed by atoms with Crippen molar-refractivity contribution in [3.63, 3.8) is 0 Å². The van der Waals surface area contributed by atoms with Crippen molar-refractivity contribution in [2.45, 2.75) is 27.2 Å². The predicted octanol–water partition coefficient (Wildman–Crippen LogP) is 2.51. The van der Waals surface area contributed by atoms with Gasteiger partial charge in [-0.3, -0.25) is 4.68 Å². The van der Waals surface area contributed by atoms with Gasteiger partial charge in [-0.05, 0) is 44.9 Å². The van der Waals surface area contributed by atoms with E-state index in [-0.39, 0.29) is 0 Å². The number of rotatable bonds is 2. The van der Waals surface area contributed by atoms with Crippen LogP contribution in [0.2, 0.25) is 0 Å². The molecule has 0 N–H and O–H groups in total. The van der Waals surface area contributed by atoms with E-state index in [4.69, 9.17) is 0 Å². The molecule has 3 heterocycles. The first-order valence-corrected chi connectivity index (χ1v) is 7.29. The van der Waals surface area contributed by atoms with Crippen LogP contribution in [0.15, 0.2) is 23.9 Å². The molecular formula is C16H21N5. The smallest absolute Gasteiger partial charge is 0.132 e. The van der Waals surface area contributed by atoms with Crippen molar-refractivity contribution in [1.82, 2.24) is 19.7 Å². The molecule has 1 aliphatic rings. The average Bonchev–Trinajstić information content (AvgIpc) is 2.78. The molecule has 0 atom stereocenters. The summed E-state index contributed by atoms with van der Waals surface area (Å²) in [6, 6.07) is 4.15. The Morgan fingerprint density at radius 2 is 2.00 bits per heavy atom. The molecule has 0 saturated heterocycles. The molecule has 0 amide bonds. The lowest BCUT2D eigenvalue weighted by molar-refractivity contribution is 0.727. The van der Waals surface area contributed by atoms with Crippen LogP contribution in [0.3, 0.4) is 0 Å². The maximum atomic E-state index is 4.55. The van der Waals surface area contributed by atoms with Crippen LogP contribution in [-0.4, -0.2) is 32.8 Å². The molecule has 0 aromatic carbocycles. The van der Waals surface area contributed by atoms with Crippen molar-refractivity contribution in [1.29, 1.82) is 0 Å². The molecule has 0 aliphatic carbocycles. The third kappa shape index (κ3) is 2.68. The fourth-order valence-electron chi connectivity index (χ4n) is 2.87. The highest BCUT2D eigenvalue weighted by atomic mass is 15.3. The topological polar surface area (TPSA) is 46.8 Å². The second-order valence-corrected chi connectivity index (χ2v) is 5.69. The van der Waals surface area contributed by atoms with Gasteiger partial charge < -0.3 is 4.90 Å². The van der Waals surface area contributed by atoms with Crippen molar-refractivity contribution >= 4 is 11.4 Å². The summed E-state index contributed by atoms with van der Waals surface area (Å²) in [5, 5.41) is 4.47. The van der Waals surface area contributed by atoms with E-state index in [1.54, 1.807) is 0 Å². The Balaban J connectivity index is 1.93. The molecule has 2 aromatic heterocycles. The molecule has 21 heavy (non-hydrogen) atoms. The lowest BCUT2D eigenvalue weighted by Gasteiger charge is -2.31. The average molecular weight is 283 g/mol. The molecule has 110 valence electrons. The van der Waals surface area contributed by atoms with Crippen LogP contribution in [-0.2, 0) is 7.05 Å². The van der Waals surface area contributed by atoms with Gasteiger partial charge in [-0.2, -0.15) is 5.10 Å². The predicted molar refractivity (Wildman–Crippen MR) is 84.1 cm³/mol. The SMILES string of the molecule is CC1=C(c2cc(C)nn2C)CN(c2ccnc(C)n2)CC1. The van der Waals surface area contributed by atoms with Crippen LogP contribution in [0, 0.1) is 13.8 Å². The van der Waals surface area contributed by atoms with Gasteiger partial charge in [0.25, 0.3) is 0 Å². The van der Waals surface area contributed by atoms with Crippen LogP contribution < -0.4 is 4.90 Å². The quantitative estimate of drug-likeness (QED) is 0.849. The maximum Gasteiger partial charge on any atom is 0.132 e. The van der Waals surface area contributed by atoms with E-state index in [1.165, 1.54) is 16.8 Å². The molecule has 0 bridgehead atoms. The van der Waals surface area contributed by atoms with E-state index in [2.05, 4.69) is 33.0 Å². The summed E-state index contributed by atoms with van der Waals surface area (Å²) in [6.45, 7) is 8.07. The molecule has 0 unspecified atom stereocenters. The summed E-state index contributed by atoms with van der Waals surface area (Å²) < 4.78 is 1.98. The second kappa shape index (κ2) is 5.31. The van der Waals surface area contributed by atoms with Gasteiger partial charge in [0.15, 0.2) is 0 Å². The monoisotopic (exact) mass is 283 g/mol. The lowest BCUT2D eigenvalue weighted by Crippen LogP contribution is -2.32. The summed E-state index contributed by atoms with van der Waals surface area (Å²) in [4.78, 5) is 11.0. The minimum Gasteiger partial charge on any atom is -0.352 e. The fraction of sp³-hybridized carbons (Fsp3) is 0.438. The maximum absolute atomic E-state index is 4.55. The van der Waals surface area contributed by atoms with Crippen molar-refractivity contribution in [2.75, 3.05) is 18.0 Å². The number of hydrogen-bond donors (Lipinski definition) is 0. The molecule has 5 heteroatoms. The Morgan fingerprint density at radius 1 is 1.19 bits per heavy atom. The van der Waals surface area contributed by atoms with Crippen molar-refractivity contribution < 1.29 is 0 Å². The molecule has 0 saturated carbocycles. The molecule has 0 fully saturated rings. The Hall–Kier alpha value is -2.17. The van der Waals surface area contributed by atoms with Crippen LogP contribution in [0.1, 0.15) is 30.6 Å². The zero-order chi connectivity index (χ0) is 15.0. The summed E-state index contributed by atoms with van der Waals surface area (Å²) in [5.41, 5.74) is 5.07. The summed E-state index contributed by atoms with van der Waals surface area (Å²) in [5.74, 6) is 1.82. The van der Waals surface area contributed by atoms with Gasteiger partial charge in [0.05, 0.1) is 11.4 Å². The summed E-state index contributed by atoms with van der Waals surface area (Å²) in [6.07, 6.45) is 2.89. The Labute approximate surface area is 125 Å². The van der Waals surface area contributed by atoms with Gasteiger partial charge in [-0.25, -0.2) is 9.97 Å². The van der Waals surface area contributed by atoms with Gasteiger partial charge >= 0.3 is 0 Å². The summed E-state index contributed by atoms with van der Waals surface area (Å²) in [7, 11) is 2.01. The first-order valence-electron chi connectivity index (χ1n) is 7.29. The highest BCUT2D eigenvalue weighted by molar-refractivity contribution is 5.72. The molecular weight excluding hydrogens is 262 g/mol. The Bertz CT molecular complexity index is 698. The zero-order valence-electron chi connectivity index (χ0n) is 13.1. The van der Waals surface area contributed by atoms with Crippen LogP contribution >= 0.6 is 0 Å². The van der Waals surface area contributed by atoms with Gasteiger partial charge in [-0.15, -0.1) is 0 Å². The molecule has 0 spiro atoms. The van der Waals surface area contributed by atoms with E-state index in [0.29, 0.717) is 0 Å². The van der Waals surface area contributed by atoms with Gasteiger partial charge in [-0.1, -0.05) is 5.57 Å². The molecule has 2 aromatic rings. The molecule has 3 rings (SSSR count). The first-order chi connectivity index (χ1) is 10.0. The first kappa shape index (κ1) is 13.8. The number of aromatic nitrogens is 4. The number of nitrogens with zero attached hydrogens (tertiary/aromatic N) is 5. The molecule has 1 aliphatic heterocycles. The van der Waals surface area contributed by atoms with Crippen LogP contribution in [0.4, 0.5) is 5.82 Å². The fourth-order valence-corrected chi connectivity index (χ4v) is 2.87. The van der Waals surface area contributed by atoms with Gasteiger partial charge in [0, 0.05) is 26.3 Å². The van der Waals surface area contributed by atoms with Crippen molar-refractivity contribution in [2.24, 2.45) is 7.05 Å². The Morgan fingerprint density at radius 3 is 2.67 bits per heavy atom. The van der Waals surface area contributed by atoms with Crippen LogP contribution in [0.5, 0.6) is 0 Å². The van der Waals surface area contributed by atoms with Gasteiger partial charge in [0.1, 0.15) is 11.6 Å². The highest BCUT2D eigenvalue weighted by Crippen LogP contribution is 2.28. The zero-order valence-corrected chi connectivity index (χ0v) is 13.1. The lowest BCUT2D eigenvalue weighted by atomic mass is 9.98. The summed E-state index contributed by atoms with van der Waals surface area (Å²) >= 11 is 0. The number of hydrogen-bond acceptors (Lipinski definition) is 4. The van der Waals surface area contributed by atoms with Crippen LogP contribution in [0.25, 0.3) is 5.57 Å². The van der Waals surface area contributed by atoms with E-state index in [0.717, 1.165) is 36.8 Å². The largest absolute Gasteiger partial charge is 0.352 e. The minimum absolute atomic E-state index is 0.816. The number of anilines is 1. The third-order valence-electron chi connectivity index (χ3n) is 4.02. The van der Waals surface area contributed by atoms with Crippen molar-refractivity contribution in [3.05, 3.63) is 41.1 Å². The normalized spacial score (nSPS) is 15.7. The van der Waals surface area contributed by atoms with E-state index in [1.807, 2.05) is 37.8 Å². The Kier molecular flexibility index (Phi) is 3.49. The minimum atomic E-state index is 0.816. The third-order valence-corrected chi connectivity index (χ3v) is 4.02. The molecule has 5 nitrogen and oxygen atoms in total. The molecule has 0 radical (unpaired) electrons. The van der Waals surface area contributed by atoms with E-state index >= 15 is 0 Å². The van der Waals surface area contributed by atoms with Crippen molar-refractivity contribution in [3.8, 4) is 0 Å². The number of aryl methyl sites for hydroxylation is 3.